The highest BCUT2D eigenvalue weighted by atomic mass is 16.5. The highest BCUT2D eigenvalue weighted by molar-refractivity contribution is 5.38. The Bertz CT molecular complexity index is 766. The van der Waals surface area contributed by atoms with Gasteiger partial charge in [0.15, 0.2) is 0 Å². The number of methoxy groups -OCH3 is 3. The lowest BCUT2D eigenvalue weighted by molar-refractivity contribution is -0.314. The van der Waals surface area contributed by atoms with E-state index in [0.29, 0.717) is 19.4 Å². The Morgan fingerprint density at radius 2 is 1.84 bits per heavy atom. The lowest BCUT2D eigenvalue weighted by Crippen LogP contribution is -2.81. The van der Waals surface area contributed by atoms with Crippen molar-refractivity contribution in [1.82, 2.24) is 4.90 Å². The fourth-order valence-electron chi connectivity index (χ4n) is 10.6. The first-order valence-corrected chi connectivity index (χ1v) is 12.2. The minimum Gasteiger partial charge on any atom is -0.392 e. The molecule has 7 bridgehead atoms. The van der Waals surface area contributed by atoms with Crippen molar-refractivity contribution in [3.63, 3.8) is 0 Å². The molecule has 6 aliphatic rings. The van der Waals surface area contributed by atoms with Crippen molar-refractivity contribution in [2.75, 3.05) is 41.0 Å². The number of aliphatic hydroxyl groups is 3. The number of ether oxygens (including phenoxy) is 3. The lowest BCUT2D eigenvalue weighted by atomic mass is 9.42. The molecule has 0 amide bonds. The second-order valence-corrected chi connectivity index (χ2v) is 11.6. The molecular weight excluding hydrogens is 398 g/mol. The predicted octanol–water partition coefficient (Wildman–Crippen LogP) is 0.646. The Hall–Kier alpha value is -0.280. The van der Waals surface area contributed by atoms with Crippen LogP contribution in [0.15, 0.2) is 0 Å². The summed E-state index contributed by atoms with van der Waals surface area (Å²) < 4.78 is 17.7. The summed E-state index contributed by atoms with van der Waals surface area (Å²) in [5, 5.41) is 36.9. The minimum atomic E-state index is -1.29. The van der Waals surface area contributed by atoms with Crippen LogP contribution in [-0.2, 0) is 14.2 Å². The molecule has 6 fully saturated rings. The molecule has 0 unspecified atom stereocenters. The molecule has 3 N–H and O–H groups in total. The zero-order valence-electron chi connectivity index (χ0n) is 19.3. The van der Waals surface area contributed by atoms with E-state index in [2.05, 4.69) is 11.8 Å². The molecule has 7 heteroatoms. The maximum atomic E-state index is 12.6. The fraction of sp³-hybridized carbons (Fsp3) is 1.00. The van der Waals surface area contributed by atoms with Gasteiger partial charge in [-0.1, -0.05) is 6.92 Å². The number of hydrogen-bond donors (Lipinski definition) is 3. The van der Waals surface area contributed by atoms with Crippen molar-refractivity contribution in [2.24, 2.45) is 34.5 Å². The third kappa shape index (κ3) is 2.04. The van der Waals surface area contributed by atoms with Gasteiger partial charge in [0.2, 0.25) is 0 Å². The van der Waals surface area contributed by atoms with E-state index in [0.717, 1.165) is 32.4 Å². The van der Waals surface area contributed by atoms with Gasteiger partial charge in [0.25, 0.3) is 0 Å². The van der Waals surface area contributed by atoms with E-state index in [9.17, 15) is 15.3 Å². The molecule has 1 saturated heterocycles. The summed E-state index contributed by atoms with van der Waals surface area (Å²) in [5.74, 6) is 0.249. The van der Waals surface area contributed by atoms with Crippen LogP contribution in [0.3, 0.4) is 0 Å². The van der Waals surface area contributed by atoms with E-state index in [1.807, 2.05) is 0 Å². The Kier molecular flexibility index (Phi) is 4.41. The van der Waals surface area contributed by atoms with Crippen molar-refractivity contribution in [2.45, 2.75) is 74.6 Å². The minimum absolute atomic E-state index is 0.0960. The molecule has 1 heterocycles. The number of likely N-dealkylation sites (tertiary alicyclic amines) is 1. The Morgan fingerprint density at radius 1 is 1.06 bits per heavy atom. The molecule has 0 aromatic rings. The molecular formula is C24H39NO6. The van der Waals surface area contributed by atoms with Crippen LogP contribution in [0, 0.1) is 34.5 Å². The second kappa shape index (κ2) is 6.44. The first-order valence-electron chi connectivity index (χ1n) is 12.2. The fourth-order valence-corrected chi connectivity index (χ4v) is 10.6. The number of aliphatic hydroxyl groups excluding tert-OH is 1. The van der Waals surface area contributed by atoms with Gasteiger partial charge in [0.1, 0.15) is 11.2 Å². The van der Waals surface area contributed by atoms with Crippen molar-refractivity contribution in [3.05, 3.63) is 0 Å². The molecule has 5 saturated carbocycles. The highest BCUT2D eigenvalue weighted by Gasteiger charge is 2.88. The van der Waals surface area contributed by atoms with Crippen LogP contribution in [0.2, 0.25) is 0 Å². The molecule has 5 aliphatic carbocycles. The molecule has 0 aromatic carbocycles. The lowest BCUT2D eigenvalue weighted by Gasteiger charge is -2.70. The molecule has 176 valence electrons. The molecule has 0 radical (unpaired) electrons. The summed E-state index contributed by atoms with van der Waals surface area (Å²) >= 11 is 0. The van der Waals surface area contributed by atoms with Crippen molar-refractivity contribution >= 4 is 0 Å². The van der Waals surface area contributed by atoms with Crippen molar-refractivity contribution < 1.29 is 29.5 Å². The van der Waals surface area contributed by atoms with E-state index >= 15 is 0 Å². The van der Waals surface area contributed by atoms with Crippen LogP contribution in [-0.4, -0.2) is 96.8 Å². The SMILES string of the molecule is CCN1C[C@]2(COC)CC[C@H](O)[C@@]34[C@@H]5C[C@H]6[C@H](OC)[C@@H]5[C@](O)(C[C@H]6OC)[C@@](O)(C[C@H]23)[C@@H]14. The van der Waals surface area contributed by atoms with Crippen LogP contribution >= 0.6 is 0 Å². The Morgan fingerprint density at radius 3 is 2.48 bits per heavy atom. The van der Waals surface area contributed by atoms with E-state index < -0.39 is 22.7 Å². The summed E-state index contributed by atoms with van der Waals surface area (Å²) in [6.07, 6.45) is 2.70. The van der Waals surface area contributed by atoms with Gasteiger partial charge in [-0.15, -0.1) is 0 Å². The van der Waals surface area contributed by atoms with Gasteiger partial charge in [0.05, 0.1) is 24.9 Å². The molecule has 0 aromatic heterocycles. The number of fused-ring (bicyclic) bond motifs is 2. The quantitative estimate of drug-likeness (QED) is 0.582. The average Bonchev–Trinajstić information content (AvgIpc) is 3.19. The number of hydrogen-bond acceptors (Lipinski definition) is 7. The summed E-state index contributed by atoms with van der Waals surface area (Å²) in [6, 6.07) is -0.242. The van der Waals surface area contributed by atoms with Crippen molar-refractivity contribution in [1.29, 1.82) is 0 Å². The van der Waals surface area contributed by atoms with Gasteiger partial charge in [-0.2, -0.15) is 0 Å². The van der Waals surface area contributed by atoms with Crippen LogP contribution in [0.4, 0.5) is 0 Å². The molecule has 6 rings (SSSR count). The normalized spacial score (nSPS) is 61.6. The number of piperidine rings is 1. The number of likely N-dealkylation sites (N-methyl/N-ethyl adjacent to an activating group) is 1. The monoisotopic (exact) mass is 437 g/mol. The number of nitrogens with zero attached hydrogens (tertiary/aromatic N) is 1. The van der Waals surface area contributed by atoms with Gasteiger partial charge in [-0.25, -0.2) is 0 Å². The summed E-state index contributed by atoms with van der Waals surface area (Å²) in [5.41, 5.74) is -3.11. The van der Waals surface area contributed by atoms with Gasteiger partial charge < -0.3 is 29.5 Å². The molecule has 31 heavy (non-hydrogen) atoms. The summed E-state index contributed by atoms with van der Waals surface area (Å²) in [7, 11) is 5.20. The molecule has 12 atom stereocenters. The predicted molar refractivity (Wildman–Crippen MR) is 112 cm³/mol. The molecule has 1 aliphatic heterocycles. The molecule has 1 spiro atoms. The van der Waals surface area contributed by atoms with E-state index in [1.54, 1.807) is 21.3 Å². The van der Waals surface area contributed by atoms with Crippen LogP contribution in [0.25, 0.3) is 0 Å². The average molecular weight is 438 g/mol. The van der Waals surface area contributed by atoms with E-state index in [1.165, 1.54) is 0 Å². The highest BCUT2D eigenvalue weighted by Crippen LogP contribution is 2.79. The molecule has 7 nitrogen and oxygen atoms in total. The van der Waals surface area contributed by atoms with Gasteiger partial charge >= 0.3 is 0 Å². The van der Waals surface area contributed by atoms with Crippen LogP contribution < -0.4 is 0 Å². The first-order chi connectivity index (χ1) is 14.8. The maximum Gasteiger partial charge on any atom is 0.110 e. The van der Waals surface area contributed by atoms with E-state index in [-0.39, 0.29) is 47.3 Å². The smallest absolute Gasteiger partial charge is 0.110 e. The number of rotatable bonds is 5. The van der Waals surface area contributed by atoms with Crippen LogP contribution in [0.5, 0.6) is 0 Å². The standard InChI is InChI=1S/C24H39NO6/c1-5-25-11-21(12-29-2)7-6-17(26)24-14-8-13-15(30-3)9-22(27,18(14)19(13)31-4)23(28,20(24)25)10-16(21)24/h13-20,26-28H,5-12H2,1-4H3/t13-,14-,15-,16-,17+,18-,19+,20-,21+,22-,23-,24-/m1/s1. The zero-order valence-corrected chi connectivity index (χ0v) is 19.3. The van der Waals surface area contributed by atoms with Gasteiger partial charge in [-0.3, -0.25) is 4.90 Å². The summed E-state index contributed by atoms with van der Waals surface area (Å²) in [6.45, 7) is 4.43. The topological polar surface area (TPSA) is 91.6 Å². The van der Waals surface area contributed by atoms with Crippen LogP contribution in [0.1, 0.15) is 39.0 Å². The summed E-state index contributed by atoms with van der Waals surface area (Å²) in [4.78, 5) is 2.38. The van der Waals surface area contributed by atoms with Gasteiger partial charge in [-0.05, 0) is 44.1 Å². The third-order valence-electron chi connectivity index (χ3n) is 11.2. The Balaban J connectivity index is 1.61. The second-order valence-electron chi connectivity index (χ2n) is 11.6. The van der Waals surface area contributed by atoms with Crippen molar-refractivity contribution in [3.8, 4) is 0 Å². The van der Waals surface area contributed by atoms with E-state index in [4.69, 9.17) is 14.2 Å². The third-order valence-corrected chi connectivity index (χ3v) is 11.2. The van der Waals surface area contributed by atoms with Gasteiger partial charge in [0, 0.05) is 63.0 Å². The zero-order chi connectivity index (χ0) is 22.0. The maximum absolute atomic E-state index is 12.6. The first kappa shape index (κ1) is 21.3. The Labute approximate surface area is 185 Å². The largest absolute Gasteiger partial charge is 0.392 e.